The number of methoxy groups -OCH3 is 1. The summed E-state index contributed by atoms with van der Waals surface area (Å²) in [7, 11) is 1.65. The van der Waals surface area contributed by atoms with Crippen LogP contribution in [0.15, 0.2) is 54.6 Å². The molecule has 0 bridgehead atoms. The lowest BCUT2D eigenvalue weighted by atomic mass is 9.84. The second-order valence-electron chi connectivity index (χ2n) is 9.63. The van der Waals surface area contributed by atoms with Crippen LogP contribution in [0.1, 0.15) is 36.9 Å². The van der Waals surface area contributed by atoms with Gasteiger partial charge in [0.25, 0.3) is 0 Å². The minimum absolute atomic E-state index is 0.333. The van der Waals surface area contributed by atoms with Gasteiger partial charge in [0.05, 0.1) is 36.8 Å². The molecule has 1 aliphatic rings. The van der Waals surface area contributed by atoms with Crippen molar-refractivity contribution in [2.75, 3.05) is 20.2 Å². The number of aliphatic hydroxyl groups is 2. The van der Waals surface area contributed by atoms with Gasteiger partial charge in [-0.15, -0.1) is 0 Å². The molecule has 0 atom stereocenters. The van der Waals surface area contributed by atoms with E-state index in [1.54, 1.807) is 25.3 Å². The summed E-state index contributed by atoms with van der Waals surface area (Å²) >= 11 is 0. The summed E-state index contributed by atoms with van der Waals surface area (Å²) in [5, 5.41) is 45.8. The van der Waals surface area contributed by atoms with Crippen molar-refractivity contribution in [3.63, 3.8) is 0 Å². The van der Waals surface area contributed by atoms with Gasteiger partial charge in [-0.05, 0) is 43.2 Å². The Balaban J connectivity index is 0.000000289. The highest BCUT2D eigenvalue weighted by atomic mass is 19.1. The Morgan fingerprint density at radius 3 is 2.17 bits per heavy atom. The van der Waals surface area contributed by atoms with Crippen molar-refractivity contribution in [3.8, 4) is 5.75 Å². The molecule has 0 radical (unpaired) electrons. The minimum atomic E-state index is -2.74. The molecule has 11 nitrogen and oxygen atoms in total. The Kier molecular flexibility index (Phi) is 9.74. The normalized spacial score (nSPS) is 15.1. The van der Waals surface area contributed by atoms with Gasteiger partial charge in [-0.2, -0.15) is 0 Å². The highest BCUT2D eigenvalue weighted by Gasteiger charge is 2.41. The maximum absolute atomic E-state index is 14.1. The van der Waals surface area contributed by atoms with Crippen molar-refractivity contribution < 1.29 is 49.0 Å². The fraction of sp³-hybridized carbons (Fsp3) is 0.357. The van der Waals surface area contributed by atoms with Crippen molar-refractivity contribution in [3.05, 3.63) is 71.7 Å². The summed E-state index contributed by atoms with van der Waals surface area (Å²) in [4.78, 5) is 37.5. The van der Waals surface area contributed by atoms with E-state index in [9.17, 15) is 23.9 Å². The number of aliphatic carboxylic acids is 3. The molecule has 1 aromatic heterocycles. The van der Waals surface area contributed by atoms with Crippen LogP contribution in [0.5, 0.6) is 5.75 Å². The average molecular weight is 559 g/mol. The fourth-order valence-electron chi connectivity index (χ4n) is 4.49. The van der Waals surface area contributed by atoms with Crippen LogP contribution in [0, 0.1) is 5.82 Å². The zero-order valence-electron chi connectivity index (χ0n) is 21.8. The summed E-state index contributed by atoms with van der Waals surface area (Å²) < 4.78 is 19.3. The maximum Gasteiger partial charge on any atom is 0.336 e. The number of hydrogen-bond acceptors (Lipinski definition) is 8. The van der Waals surface area contributed by atoms with Gasteiger partial charge in [-0.3, -0.25) is 19.5 Å². The highest BCUT2D eigenvalue weighted by molar-refractivity contribution is 5.88. The Hall–Kier alpha value is -4.13. The van der Waals surface area contributed by atoms with Crippen LogP contribution < -0.4 is 4.74 Å². The van der Waals surface area contributed by atoms with Crippen LogP contribution in [0.2, 0.25) is 0 Å². The van der Waals surface area contributed by atoms with Crippen LogP contribution >= 0.6 is 0 Å². The molecule has 2 aromatic carbocycles. The Morgan fingerprint density at radius 1 is 1.00 bits per heavy atom. The number of ether oxygens (including phenoxy) is 1. The summed E-state index contributed by atoms with van der Waals surface area (Å²) in [6.07, 6.45) is -1.26. The van der Waals surface area contributed by atoms with Gasteiger partial charge in [0.1, 0.15) is 11.6 Å². The van der Waals surface area contributed by atoms with Crippen molar-refractivity contribution in [1.29, 1.82) is 0 Å². The number of pyridine rings is 1. The third-order valence-electron chi connectivity index (χ3n) is 6.68. The third kappa shape index (κ3) is 7.72. The number of aromatic nitrogens is 1. The predicted molar refractivity (Wildman–Crippen MR) is 140 cm³/mol. The number of piperidine rings is 1. The molecule has 40 heavy (non-hydrogen) atoms. The lowest BCUT2D eigenvalue weighted by molar-refractivity contribution is -0.170. The second kappa shape index (κ2) is 12.8. The average Bonchev–Trinajstić information content (AvgIpc) is 2.89. The van der Waals surface area contributed by atoms with Crippen LogP contribution in [0.3, 0.4) is 0 Å². The van der Waals surface area contributed by atoms with E-state index in [1.165, 1.54) is 6.07 Å². The van der Waals surface area contributed by atoms with Crippen molar-refractivity contribution in [1.82, 2.24) is 9.88 Å². The molecule has 0 aliphatic carbocycles. The van der Waals surface area contributed by atoms with Crippen LogP contribution in [0.25, 0.3) is 10.9 Å². The Morgan fingerprint density at radius 2 is 1.62 bits per heavy atom. The molecule has 2 heterocycles. The molecule has 214 valence electrons. The third-order valence-corrected chi connectivity index (χ3v) is 6.68. The minimum Gasteiger partial charge on any atom is -0.497 e. The molecule has 1 fully saturated rings. The number of carbonyl (C=O) groups is 3. The van der Waals surface area contributed by atoms with Gasteiger partial charge in [0.15, 0.2) is 5.60 Å². The Labute approximate surface area is 229 Å². The number of carboxylic acid groups (broad SMARTS) is 3. The molecular weight excluding hydrogens is 527 g/mol. The zero-order chi connectivity index (χ0) is 29.5. The maximum atomic E-state index is 14.1. The van der Waals surface area contributed by atoms with E-state index in [0.29, 0.717) is 31.5 Å². The summed E-state index contributed by atoms with van der Waals surface area (Å²) in [6.45, 7) is 2.12. The van der Waals surface area contributed by atoms with Gasteiger partial charge in [-0.25, -0.2) is 9.18 Å². The van der Waals surface area contributed by atoms with E-state index in [0.717, 1.165) is 28.9 Å². The second-order valence-corrected chi connectivity index (χ2v) is 9.63. The standard InChI is InChI=1S/C22H23FN2O2.C6H8O7/c1-27-18-8-9-21-16(14-18)6-7-17(24-21)15-25-12-10-22(26,11-13-25)19-4-2-3-5-20(19)23;7-3(8)1-6(13,5(11)12)2-4(9)10/h2-9,14,26H,10-13,15H2,1H3;13H,1-2H2,(H,7,8)(H,9,10)(H,11,12). The topological polar surface area (TPSA) is 178 Å². The monoisotopic (exact) mass is 558 g/mol. The summed E-state index contributed by atoms with van der Waals surface area (Å²) in [6, 6.07) is 16.5. The molecular formula is C28H31FN2O9. The first kappa shape index (κ1) is 30.4. The summed E-state index contributed by atoms with van der Waals surface area (Å²) in [5.41, 5.74) is -1.49. The molecule has 0 spiro atoms. The van der Waals surface area contributed by atoms with Gasteiger partial charge in [-0.1, -0.05) is 24.3 Å². The van der Waals surface area contributed by atoms with Gasteiger partial charge >= 0.3 is 17.9 Å². The molecule has 12 heteroatoms. The lowest BCUT2D eigenvalue weighted by Gasteiger charge is -2.38. The van der Waals surface area contributed by atoms with Crippen molar-refractivity contribution in [2.24, 2.45) is 0 Å². The first-order valence-corrected chi connectivity index (χ1v) is 12.4. The number of fused-ring (bicyclic) bond motifs is 1. The smallest absolute Gasteiger partial charge is 0.336 e. The molecule has 4 rings (SSSR count). The number of benzene rings is 2. The number of likely N-dealkylation sites (tertiary alicyclic amines) is 1. The SMILES string of the molecule is COc1ccc2nc(CN3CCC(O)(c4ccccc4F)CC3)ccc2c1.O=C(O)CC(O)(CC(=O)O)C(=O)O. The first-order chi connectivity index (χ1) is 18.8. The first-order valence-electron chi connectivity index (χ1n) is 12.4. The molecule has 1 saturated heterocycles. The van der Waals surface area contributed by atoms with E-state index < -0.39 is 42.0 Å². The molecule has 1 aliphatic heterocycles. The van der Waals surface area contributed by atoms with Gasteiger partial charge in [0, 0.05) is 30.6 Å². The van der Waals surface area contributed by atoms with Crippen LogP contribution in [0.4, 0.5) is 4.39 Å². The fourth-order valence-corrected chi connectivity index (χ4v) is 4.49. The lowest BCUT2D eigenvalue weighted by Crippen LogP contribution is -2.42. The molecule has 0 unspecified atom stereocenters. The molecule has 0 saturated carbocycles. The predicted octanol–water partition coefficient (Wildman–Crippen LogP) is 2.62. The number of rotatable bonds is 9. The Bertz CT molecular complexity index is 1360. The van der Waals surface area contributed by atoms with Gasteiger partial charge < -0.3 is 30.3 Å². The van der Waals surface area contributed by atoms with E-state index in [2.05, 4.69) is 11.0 Å². The highest BCUT2D eigenvalue weighted by Crippen LogP contribution is 2.34. The number of hydrogen-bond donors (Lipinski definition) is 5. The molecule has 0 amide bonds. The van der Waals surface area contributed by atoms with E-state index in [-0.39, 0.29) is 5.82 Å². The quantitative estimate of drug-likeness (QED) is 0.261. The van der Waals surface area contributed by atoms with Crippen LogP contribution in [-0.2, 0) is 26.5 Å². The van der Waals surface area contributed by atoms with Crippen LogP contribution in [-0.4, -0.2) is 79.1 Å². The number of carboxylic acids is 3. The van der Waals surface area contributed by atoms with Gasteiger partial charge in [0.2, 0.25) is 0 Å². The largest absolute Gasteiger partial charge is 0.497 e. The molecule has 3 aromatic rings. The zero-order valence-corrected chi connectivity index (χ0v) is 21.8. The molecule has 5 N–H and O–H groups in total. The van der Waals surface area contributed by atoms with E-state index >= 15 is 0 Å². The van der Waals surface area contributed by atoms with Crippen molar-refractivity contribution >= 4 is 28.8 Å². The van der Waals surface area contributed by atoms with Crippen molar-refractivity contribution in [2.45, 2.75) is 43.4 Å². The van der Waals surface area contributed by atoms with E-state index in [1.807, 2.05) is 24.3 Å². The number of halogens is 1. The number of nitrogens with zero attached hydrogens (tertiary/aromatic N) is 2. The van der Waals surface area contributed by atoms with E-state index in [4.69, 9.17) is 30.1 Å². The summed E-state index contributed by atoms with van der Waals surface area (Å²) in [5.74, 6) is -4.53.